The number of rotatable bonds is 3. The molecule has 0 aliphatic heterocycles. The first-order chi connectivity index (χ1) is 7.72. The third-order valence-electron chi connectivity index (χ3n) is 2.19. The Bertz CT molecular complexity index is 516. The molecule has 0 spiro atoms. The number of carboxylic acid groups (broad SMARTS) is 1. The zero-order valence-electron chi connectivity index (χ0n) is 8.64. The molecule has 0 fully saturated rings. The van der Waals surface area contributed by atoms with Crippen LogP contribution in [0, 0.1) is 0 Å². The average molecular weight is 234 g/mol. The Morgan fingerprint density at radius 3 is 2.62 bits per heavy atom. The Hall–Kier alpha value is -1.68. The minimum Gasteiger partial charge on any atom is -0.475 e. The van der Waals surface area contributed by atoms with E-state index in [4.69, 9.17) is 9.52 Å². The maximum atomic E-state index is 10.7. The van der Waals surface area contributed by atoms with Crippen LogP contribution in [0.25, 0.3) is 11.3 Å². The largest absolute Gasteiger partial charge is 0.475 e. The first kappa shape index (κ1) is 10.8. The molecule has 1 heterocycles. The van der Waals surface area contributed by atoms with E-state index in [1.165, 1.54) is 6.07 Å². The Morgan fingerprint density at radius 1 is 1.25 bits per heavy atom. The van der Waals surface area contributed by atoms with E-state index in [-0.39, 0.29) is 5.76 Å². The van der Waals surface area contributed by atoms with Crippen molar-refractivity contribution >= 4 is 17.7 Å². The minimum atomic E-state index is -1.05. The molecule has 0 bridgehead atoms. The topological polar surface area (TPSA) is 50.4 Å². The first-order valence-corrected chi connectivity index (χ1v) is 5.91. The van der Waals surface area contributed by atoms with Crippen LogP contribution in [0.2, 0.25) is 0 Å². The molecule has 0 radical (unpaired) electrons. The maximum Gasteiger partial charge on any atom is 0.371 e. The molecule has 4 heteroatoms. The third-order valence-corrected chi connectivity index (χ3v) is 2.99. The Balaban J connectivity index is 2.46. The van der Waals surface area contributed by atoms with Crippen molar-refractivity contribution < 1.29 is 14.3 Å². The lowest BCUT2D eigenvalue weighted by molar-refractivity contribution is 0.0663. The normalized spacial score (nSPS) is 10.3. The number of benzene rings is 1. The predicted molar refractivity (Wildman–Crippen MR) is 62.9 cm³/mol. The van der Waals surface area contributed by atoms with E-state index < -0.39 is 5.97 Å². The summed E-state index contributed by atoms with van der Waals surface area (Å²) >= 11 is 1.60. The van der Waals surface area contributed by atoms with Crippen LogP contribution in [0.5, 0.6) is 0 Å². The smallest absolute Gasteiger partial charge is 0.371 e. The highest BCUT2D eigenvalue weighted by atomic mass is 32.2. The number of aromatic carboxylic acids is 1. The molecule has 2 rings (SSSR count). The van der Waals surface area contributed by atoms with Crippen molar-refractivity contribution in [3.63, 3.8) is 0 Å². The van der Waals surface area contributed by atoms with Crippen LogP contribution in [0.15, 0.2) is 45.7 Å². The fourth-order valence-electron chi connectivity index (χ4n) is 1.45. The number of carboxylic acids is 1. The van der Waals surface area contributed by atoms with Gasteiger partial charge in [0.15, 0.2) is 0 Å². The van der Waals surface area contributed by atoms with E-state index >= 15 is 0 Å². The number of hydrogen-bond donors (Lipinski definition) is 1. The average Bonchev–Trinajstić information content (AvgIpc) is 2.78. The zero-order valence-corrected chi connectivity index (χ0v) is 9.45. The summed E-state index contributed by atoms with van der Waals surface area (Å²) in [6, 6.07) is 10.9. The van der Waals surface area contributed by atoms with Gasteiger partial charge < -0.3 is 9.52 Å². The number of carbonyl (C=O) groups is 1. The summed E-state index contributed by atoms with van der Waals surface area (Å²) in [4.78, 5) is 11.8. The molecule has 1 aromatic carbocycles. The van der Waals surface area contributed by atoms with Crippen molar-refractivity contribution in [1.82, 2.24) is 0 Å². The molecule has 2 aromatic rings. The molecule has 3 nitrogen and oxygen atoms in total. The van der Waals surface area contributed by atoms with Gasteiger partial charge in [-0.3, -0.25) is 0 Å². The van der Waals surface area contributed by atoms with Crippen LogP contribution < -0.4 is 0 Å². The second kappa shape index (κ2) is 4.45. The first-order valence-electron chi connectivity index (χ1n) is 4.69. The van der Waals surface area contributed by atoms with Crippen LogP contribution in [0.1, 0.15) is 10.6 Å². The van der Waals surface area contributed by atoms with Gasteiger partial charge in [-0.25, -0.2) is 4.79 Å². The maximum absolute atomic E-state index is 10.7. The molecule has 0 saturated heterocycles. The summed E-state index contributed by atoms with van der Waals surface area (Å²) in [6.45, 7) is 0. The molecule has 0 aliphatic rings. The molecule has 1 N–H and O–H groups in total. The van der Waals surface area contributed by atoms with E-state index in [2.05, 4.69) is 0 Å². The molecule has 0 aliphatic carbocycles. The molecular weight excluding hydrogens is 224 g/mol. The van der Waals surface area contributed by atoms with Crippen LogP contribution >= 0.6 is 11.8 Å². The monoisotopic (exact) mass is 234 g/mol. The fourth-order valence-corrected chi connectivity index (χ4v) is 2.05. The lowest BCUT2D eigenvalue weighted by Gasteiger charge is -2.03. The van der Waals surface area contributed by atoms with Crippen molar-refractivity contribution in [2.75, 3.05) is 6.26 Å². The zero-order chi connectivity index (χ0) is 11.5. The Morgan fingerprint density at radius 2 is 2.00 bits per heavy atom. The molecule has 0 unspecified atom stereocenters. The van der Waals surface area contributed by atoms with E-state index in [0.717, 1.165) is 10.5 Å². The number of furan rings is 1. The summed E-state index contributed by atoms with van der Waals surface area (Å²) in [5.74, 6) is -0.499. The van der Waals surface area contributed by atoms with Gasteiger partial charge in [0.2, 0.25) is 5.76 Å². The molecule has 0 amide bonds. The molecule has 0 saturated carbocycles. The van der Waals surface area contributed by atoms with Crippen LogP contribution in [0.4, 0.5) is 0 Å². The van der Waals surface area contributed by atoms with Gasteiger partial charge in [-0.15, -0.1) is 11.8 Å². The van der Waals surface area contributed by atoms with E-state index in [0.29, 0.717) is 5.76 Å². The summed E-state index contributed by atoms with van der Waals surface area (Å²) in [6.07, 6.45) is 1.97. The van der Waals surface area contributed by atoms with E-state index in [1.807, 2.05) is 30.5 Å². The van der Waals surface area contributed by atoms with Crippen molar-refractivity contribution in [1.29, 1.82) is 0 Å². The van der Waals surface area contributed by atoms with Crippen molar-refractivity contribution in [2.45, 2.75) is 4.90 Å². The molecule has 82 valence electrons. The van der Waals surface area contributed by atoms with Crippen LogP contribution in [-0.2, 0) is 0 Å². The molecule has 16 heavy (non-hydrogen) atoms. The molecule has 0 atom stereocenters. The van der Waals surface area contributed by atoms with Gasteiger partial charge >= 0.3 is 5.97 Å². The van der Waals surface area contributed by atoms with Gasteiger partial charge in [-0.05, 0) is 24.5 Å². The summed E-state index contributed by atoms with van der Waals surface area (Å²) in [5.41, 5.74) is 0.919. The van der Waals surface area contributed by atoms with Gasteiger partial charge in [0.1, 0.15) is 5.76 Å². The molecule has 1 aromatic heterocycles. The van der Waals surface area contributed by atoms with Gasteiger partial charge in [0.25, 0.3) is 0 Å². The van der Waals surface area contributed by atoms with Gasteiger partial charge in [-0.1, -0.05) is 18.2 Å². The van der Waals surface area contributed by atoms with Crippen molar-refractivity contribution in [3.8, 4) is 11.3 Å². The third kappa shape index (κ3) is 1.97. The summed E-state index contributed by atoms with van der Waals surface area (Å²) in [7, 11) is 0. The Labute approximate surface area is 97.1 Å². The summed E-state index contributed by atoms with van der Waals surface area (Å²) < 4.78 is 5.26. The SMILES string of the molecule is CSc1ccccc1-c1ccc(C(=O)O)o1. The standard InChI is InChI=1S/C12H10O3S/c1-16-11-5-3-2-4-8(11)9-6-7-10(15-9)12(13)14/h2-7H,1H3,(H,13,14). The minimum absolute atomic E-state index is 0.0362. The summed E-state index contributed by atoms with van der Waals surface area (Å²) in [5, 5.41) is 8.77. The highest BCUT2D eigenvalue weighted by molar-refractivity contribution is 7.98. The number of thioether (sulfide) groups is 1. The van der Waals surface area contributed by atoms with Crippen LogP contribution in [0.3, 0.4) is 0 Å². The lowest BCUT2D eigenvalue weighted by atomic mass is 10.2. The lowest BCUT2D eigenvalue weighted by Crippen LogP contribution is -1.91. The second-order valence-electron chi connectivity index (χ2n) is 3.17. The van der Waals surface area contributed by atoms with Gasteiger partial charge in [0.05, 0.1) is 0 Å². The van der Waals surface area contributed by atoms with Crippen molar-refractivity contribution in [2.24, 2.45) is 0 Å². The highest BCUT2D eigenvalue weighted by Gasteiger charge is 2.12. The van der Waals surface area contributed by atoms with Gasteiger partial charge in [-0.2, -0.15) is 0 Å². The fraction of sp³-hybridized carbons (Fsp3) is 0.0833. The van der Waals surface area contributed by atoms with Crippen molar-refractivity contribution in [3.05, 3.63) is 42.2 Å². The van der Waals surface area contributed by atoms with Gasteiger partial charge in [0, 0.05) is 10.5 Å². The quantitative estimate of drug-likeness (QED) is 0.827. The second-order valence-corrected chi connectivity index (χ2v) is 4.02. The predicted octanol–water partition coefficient (Wildman–Crippen LogP) is 3.37. The van der Waals surface area contributed by atoms with E-state index in [1.54, 1.807) is 17.8 Å². The van der Waals surface area contributed by atoms with E-state index in [9.17, 15) is 4.79 Å². The number of hydrogen-bond acceptors (Lipinski definition) is 3. The highest BCUT2D eigenvalue weighted by Crippen LogP contribution is 2.31. The molecular formula is C12H10O3S. The van der Waals surface area contributed by atoms with Crippen LogP contribution in [-0.4, -0.2) is 17.3 Å². The Kier molecular flexibility index (Phi) is 3.01.